The standard InChI is InChI=1S/C22H26N2.2ClH.Ni/c1-21(2)15-16-22(3,4)20(24-18-13-9-6-10-14-18)19(21)23-17-11-7-5-8-12-17;;;/h5-14H,15-16H2,1-4H3;2*1H;/q;;;+2/p-2. The van der Waals surface area contributed by atoms with Crippen molar-refractivity contribution in [1.82, 2.24) is 0 Å². The fourth-order valence-corrected chi connectivity index (χ4v) is 3.17. The Hall–Kier alpha value is -1.15. The molecule has 0 spiro atoms. The molecule has 1 saturated carbocycles. The van der Waals surface area contributed by atoms with E-state index in [4.69, 9.17) is 30.4 Å². The monoisotopic (exact) mass is 446 g/mol. The molecule has 1 fully saturated rings. The predicted octanol–water partition coefficient (Wildman–Crippen LogP) is 7.75. The minimum absolute atomic E-state index is 0.0268. The molecule has 27 heavy (non-hydrogen) atoms. The van der Waals surface area contributed by atoms with Gasteiger partial charge in [-0.2, -0.15) is 0 Å². The van der Waals surface area contributed by atoms with Gasteiger partial charge in [0.05, 0.1) is 22.8 Å². The Morgan fingerprint density at radius 1 is 0.667 bits per heavy atom. The second kappa shape index (κ2) is 9.87. The quantitative estimate of drug-likeness (QED) is 0.420. The zero-order valence-electron chi connectivity index (χ0n) is 16.2. The summed E-state index contributed by atoms with van der Waals surface area (Å²) in [7, 11) is 9.40. The van der Waals surface area contributed by atoms with E-state index in [0.717, 1.165) is 35.6 Å². The summed E-state index contributed by atoms with van der Waals surface area (Å²) in [5, 5.41) is 0. The van der Waals surface area contributed by atoms with Gasteiger partial charge < -0.3 is 0 Å². The molecule has 0 atom stereocenters. The molecule has 148 valence electrons. The Kier molecular flexibility index (Phi) is 8.09. The van der Waals surface area contributed by atoms with Crippen molar-refractivity contribution < 1.29 is 12.7 Å². The Labute approximate surface area is 177 Å². The van der Waals surface area contributed by atoms with Crippen LogP contribution in [-0.2, 0) is 12.7 Å². The van der Waals surface area contributed by atoms with E-state index >= 15 is 0 Å². The van der Waals surface area contributed by atoms with Crippen LogP contribution in [-0.4, -0.2) is 11.4 Å². The van der Waals surface area contributed by atoms with Crippen LogP contribution >= 0.6 is 20.4 Å². The van der Waals surface area contributed by atoms with E-state index in [9.17, 15) is 0 Å². The maximum absolute atomic E-state index is 5.03. The first-order chi connectivity index (χ1) is 12.8. The van der Waals surface area contributed by atoms with Gasteiger partial charge in [0.25, 0.3) is 0 Å². The van der Waals surface area contributed by atoms with E-state index in [2.05, 4.69) is 52.0 Å². The second-order valence-electron chi connectivity index (χ2n) is 7.90. The number of nitrogens with zero attached hydrogens (tertiary/aromatic N) is 2. The Morgan fingerprint density at radius 2 is 0.963 bits per heavy atom. The summed E-state index contributed by atoms with van der Waals surface area (Å²) in [5.41, 5.74) is 4.29. The number of para-hydroxylation sites is 2. The zero-order chi connectivity index (χ0) is 19.9. The molecule has 0 amide bonds. The predicted molar refractivity (Wildman–Crippen MR) is 116 cm³/mol. The van der Waals surface area contributed by atoms with Gasteiger partial charge in [-0.3, -0.25) is 9.98 Å². The molecule has 2 aromatic rings. The van der Waals surface area contributed by atoms with Crippen molar-refractivity contribution in [1.29, 1.82) is 0 Å². The number of halogens is 2. The van der Waals surface area contributed by atoms with Crippen molar-refractivity contribution >= 4 is 43.2 Å². The fourth-order valence-electron chi connectivity index (χ4n) is 3.17. The van der Waals surface area contributed by atoms with Crippen LogP contribution in [0.5, 0.6) is 0 Å². The third-order valence-electron chi connectivity index (χ3n) is 4.88. The van der Waals surface area contributed by atoms with Crippen LogP contribution < -0.4 is 0 Å². The average Bonchev–Trinajstić information content (AvgIpc) is 2.64. The van der Waals surface area contributed by atoms with Crippen LogP contribution in [0.25, 0.3) is 0 Å². The van der Waals surface area contributed by atoms with E-state index in [1.807, 2.05) is 36.4 Å². The second-order valence-corrected chi connectivity index (χ2v) is 9.54. The molecule has 0 N–H and O–H groups in total. The Morgan fingerprint density at radius 3 is 1.26 bits per heavy atom. The molecule has 0 aromatic heterocycles. The van der Waals surface area contributed by atoms with E-state index < -0.39 is 0 Å². The third-order valence-corrected chi connectivity index (χ3v) is 4.88. The van der Waals surface area contributed by atoms with E-state index in [-0.39, 0.29) is 10.8 Å². The van der Waals surface area contributed by atoms with E-state index in [0.29, 0.717) is 12.7 Å². The minimum atomic E-state index is 0.0268. The number of hydrogen-bond donors (Lipinski definition) is 0. The molecule has 1 aliphatic carbocycles. The molecule has 0 aliphatic heterocycles. The molecule has 2 aromatic carbocycles. The molecule has 0 heterocycles. The van der Waals surface area contributed by atoms with Gasteiger partial charge in [0.15, 0.2) is 0 Å². The molecular weight excluding hydrogens is 422 g/mol. The van der Waals surface area contributed by atoms with Crippen LogP contribution in [0.1, 0.15) is 40.5 Å². The maximum atomic E-state index is 5.03. The number of benzene rings is 2. The van der Waals surface area contributed by atoms with Crippen LogP contribution in [0.15, 0.2) is 70.6 Å². The summed E-state index contributed by atoms with van der Waals surface area (Å²) < 4.78 is 0. The fraction of sp³-hybridized carbons (Fsp3) is 0.364. The van der Waals surface area contributed by atoms with Crippen molar-refractivity contribution in [2.45, 2.75) is 40.5 Å². The first-order valence-electron chi connectivity index (χ1n) is 8.91. The van der Waals surface area contributed by atoms with Crippen LogP contribution in [0.3, 0.4) is 0 Å². The summed E-state index contributed by atoms with van der Waals surface area (Å²) in [5.74, 6) is 0. The van der Waals surface area contributed by atoms with Gasteiger partial charge in [0.1, 0.15) is 0 Å². The first kappa shape index (κ1) is 22.1. The molecule has 3 rings (SSSR count). The molecule has 0 bridgehead atoms. The summed E-state index contributed by atoms with van der Waals surface area (Å²) in [4.78, 5) is 10.1. The van der Waals surface area contributed by atoms with Gasteiger partial charge in [0.2, 0.25) is 0 Å². The molecule has 1 aliphatic rings. The Balaban J connectivity index is 0.000000817. The molecule has 0 saturated heterocycles. The van der Waals surface area contributed by atoms with Crippen LogP contribution in [0.2, 0.25) is 0 Å². The zero-order valence-corrected chi connectivity index (χ0v) is 18.7. The first-order valence-corrected chi connectivity index (χ1v) is 11.6. The van der Waals surface area contributed by atoms with Crippen molar-refractivity contribution in [3.05, 3.63) is 60.7 Å². The van der Waals surface area contributed by atoms with Crippen molar-refractivity contribution in [2.24, 2.45) is 20.8 Å². The van der Waals surface area contributed by atoms with Crippen molar-refractivity contribution in [3.8, 4) is 0 Å². The number of aliphatic imine (C=N–C) groups is 2. The van der Waals surface area contributed by atoms with E-state index in [1.54, 1.807) is 0 Å². The number of rotatable bonds is 2. The number of hydrogen-bond acceptors (Lipinski definition) is 2. The molecule has 0 radical (unpaired) electrons. The van der Waals surface area contributed by atoms with E-state index in [1.165, 1.54) is 0 Å². The topological polar surface area (TPSA) is 24.7 Å². The van der Waals surface area contributed by atoms with Crippen LogP contribution in [0.4, 0.5) is 11.4 Å². The van der Waals surface area contributed by atoms with Crippen molar-refractivity contribution in [3.63, 3.8) is 0 Å². The van der Waals surface area contributed by atoms with Gasteiger partial charge >= 0.3 is 33.0 Å². The van der Waals surface area contributed by atoms with Gasteiger partial charge in [-0.05, 0) is 37.1 Å². The molecule has 2 nitrogen and oxygen atoms in total. The molecule has 0 unspecified atom stereocenters. The summed E-state index contributed by atoms with van der Waals surface area (Å²) in [6.45, 7) is 9.13. The van der Waals surface area contributed by atoms with Crippen molar-refractivity contribution in [2.75, 3.05) is 0 Å². The van der Waals surface area contributed by atoms with Gasteiger partial charge in [-0.15, -0.1) is 0 Å². The summed E-state index contributed by atoms with van der Waals surface area (Å²) >= 11 is 0.569. The summed E-state index contributed by atoms with van der Waals surface area (Å²) in [6.07, 6.45) is 2.25. The Bertz CT molecular complexity index is 717. The average molecular weight is 448 g/mol. The molecule has 5 heteroatoms. The summed E-state index contributed by atoms with van der Waals surface area (Å²) in [6, 6.07) is 20.4. The molecular formula is C22H26Cl2N2Ni. The normalized spacial score (nSPS) is 21.0. The van der Waals surface area contributed by atoms with Crippen LogP contribution in [0, 0.1) is 10.8 Å². The van der Waals surface area contributed by atoms with Gasteiger partial charge in [-0.25, -0.2) is 0 Å². The van der Waals surface area contributed by atoms with Gasteiger partial charge in [-0.1, -0.05) is 64.1 Å². The third kappa shape index (κ3) is 6.17. The SMILES string of the molecule is CC1(C)CCC(C)(C)C(=Nc2ccccc2)C1=Nc1ccccc1.[Cl][Ni][Cl]. The van der Waals surface area contributed by atoms with Gasteiger partial charge in [0, 0.05) is 10.8 Å².